The fourth-order valence-electron chi connectivity index (χ4n) is 3.62. The normalized spacial score (nSPS) is 16.4. The van der Waals surface area contributed by atoms with E-state index in [1.165, 1.54) is 5.56 Å². The minimum Gasteiger partial charge on any atom is -0.490 e. The second kappa shape index (κ2) is 10.1. The molecular weight excluding hydrogens is 384 g/mol. The van der Waals surface area contributed by atoms with Crippen LogP contribution in [0.1, 0.15) is 22.5 Å². The molecule has 2 aromatic rings. The standard InChI is InChI=1S/C22H32N4O4/c1-15-5-6-16(2)22(18(15)4)29-14-19(27)12-25-7-9-26(10-8-25)13-21(28)23-20-11-17(3)30-24-20/h5-6,11,19,27H,7-10,12-14H2,1-4H3,(H,23,24,28). The third kappa shape index (κ3) is 6.04. The largest absolute Gasteiger partial charge is 0.490 e. The fourth-order valence-corrected chi connectivity index (χ4v) is 3.62. The number of β-amino-alcohol motifs (C(OH)–C–C–N with tert-alkyl or cyclic N) is 1. The van der Waals surface area contributed by atoms with Crippen molar-refractivity contribution in [3.05, 3.63) is 40.6 Å². The van der Waals surface area contributed by atoms with Crippen LogP contribution in [-0.4, -0.2) is 77.9 Å². The molecule has 30 heavy (non-hydrogen) atoms. The molecule has 1 unspecified atom stereocenters. The number of nitrogens with zero attached hydrogens (tertiary/aromatic N) is 3. The van der Waals surface area contributed by atoms with Crippen LogP contribution in [0.25, 0.3) is 0 Å². The molecule has 1 saturated heterocycles. The molecule has 164 valence electrons. The number of ether oxygens (including phenoxy) is 1. The monoisotopic (exact) mass is 416 g/mol. The summed E-state index contributed by atoms with van der Waals surface area (Å²) in [6.07, 6.45) is -0.561. The number of hydrogen-bond donors (Lipinski definition) is 2. The molecule has 0 radical (unpaired) electrons. The summed E-state index contributed by atoms with van der Waals surface area (Å²) < 4.78 is 10.9. The average molecular weight is 417 g/mol. The van der Waals surface area contributed by atoms with Gasteiger partial charge in [-0.1, -0.05) is 17.3 Å². The second-order valence-corrected chi connectivity index (χ2v) is 8.07. The van der Waals surface area contributed by atoms with Gasteiger partial charge >= 0.3 is 0 Å². The number of hydrogen-bond acceptors (Lipinski definition) is 7. The van der Waals surface area contributed by atoms with Gasteiger partial charge in [0.15, 0.2) is 5.82 Å². The molecule has 8 heteroatoms. The number of piperazine rings is 1. The molecule has 1 aromatic carbocycles. The van der Waals surface area contributed by atoms with Gasteiger partial charge < -0.3 is 19.7 Å². The number of nitrogens with one attached hydrogen (secondary N) is 1. The smallest absolute Gasteiger partial charge is 0.239 e. The van der Waals surface area contributed by atoms with E-state index in [1.54, 1.807) is 13.0 Å². The molecule has 2 heterocycles. The number of benzene rings is 1. The number of aliphatic hydroxyl groups excluding tert-OH is 1. The molecule has 1 aromatic heterocycles. The van der Waals surface area contributed by atoms with Crippen LogP contribution in [0.4, 0.5) is 5.82 Å². The lowest BCUT2D eigenvalue weighted by Gasteiger charge is -2.35. The van der Waals surface area contributed by atoms with Gasteiger partial charge in [-0.05, 0) is 44.4 Å². The highest BCUT2D eigenvalue weighted by atomic mass is 16.5. The van der Waals surface area contributed by atoms with Gasteiger partial charge in [0, 0.05) is 38.8 Å². The van der Waals surface area contributed by atoms with Crippen molar-refractivity contribution in [3.63, 3.8) is 0 Å². The summed E-state index contributed by atoms with van der Waals surface area (Å²) in [7, 11) is 0. The number of carbonyl (C=O) groups is 1. The van der Waals surface area contributed by atoms with Gasteiger partial charge in [0.2, 0.25) is 5.91 Å². The van der Waals surface area contributed by atoms with Crippen LogP contribution in [0, 0.1) is 27.7 Å². The molecule has 1 atom stereocenters. The van der Waals surface area contributed by atoms with Crippen LogP contribution in [0.5, 0.6) is 5.75 Å². The first kappa shape index (κ1) is 22.3. The van der Waals surface area contributed by atoms with Gasteiger partial charge in [-0.15, -0.1) is 0 Å². The van der Waals surface area contributed by atoms with Crippen molar-refractivity contribution in [2.75, 3.05) is 51.2 Å². The third-order valence-electron chi connectivity index (χ3n) is 5.49. The number of amides is 1. The van der Waals surface area contributed by atoms with Crippen LogP contribution in [0.3, 0.4) is 0 Å². The SMILES string of the molecule is Cc1cc(NC(=O)CN2CCN(CC(O)COc3c(C)ccc(C)c3C)CC2)no1. The molecule has 1 aliphatic heterocycles. The van der Waals surface area contributed by atoms with E-state index in [0.29, 0.717) is 24.7 Å². The Balaban J connectivity index is 1.38. The molecule has 8 nitrogen and oxygen atoms in total. The summed E-state index contributed by atoms with van der Waals surface area (Å²) in [5.74, 6) is 1.87. The Morgan fingerprint density at radius 2 is 1.83 bits per heavy atom. The molecular formula is C22H32N4O4. The van der Waals surface area contributed by atoms with Gasteiger partial charge in [0.1, 0.15) is 24.2 Å². The maximum Gasteiger partial charge on any atom is 0.239 e. The number of rotatable bonds is 8. The van der Waals surface area contributed by atoms with E-state index in [2.05, 4.69) is 33.3 Å². The number of carbonyl (C=O) groups excluding carboxylic acids is 1. The zero-order valence-corrected chi connectivity index (χ0v) is 18.3. The minimum atomic E-state index is -0.561. The van der Waals surface area contributed by atoms with E-state index in [9.17, 15) is 9.90 Å². The molecule has 1 fully saturated rings. The van der Waals surface area contributed by atoms with E-state index in [-0.39, 0.29) is 12.5 Å². The van der Waals surface area contributed by atoms with Gasteiger partial charge in [-0.2, -0.15) is 0 Å². The third-order valence-corrected chi connectivity index (χ3v) is 5.49. The molecule has 3 rings (SSSR count). The summed E-state index contributed by atoms with van der Waals surface area (Å²) in [5.41, 5.74) is 3.39. The molecule has 0 saturated carbocycles. The highest BCUT2D eigenvalue weighted by Gasteiger charge is 2.21. The van der Waals surface area contributed by atoms with Gasteiger partial charge in [-0.25, -0.2) is 0 Å². The average Bonchev–Trinajstić information content (AvgIpc) is 3.11. The Bertz CT molecular complexity index is 859. The maximum atomic E-state index is 12.1. The summed E-state index contributed by atoms with van der Waals surface area (Å²) in [6.45, 7) is 12.2. The second-order valence-electron chi connectivity index (χ2n) is 8.07. The van der Waals surface area contributed by atoms with Crippen molar-refractivity contribution in [2.24, 2.45) is 0 Å². The Labute approximate surface area is 177 Å². The predicted molar refractivity (Wildman–Crippen MR) is 115 cm³/mol. The van der Waals surface area contributed by atoms with E-state index in [4.69, 9.17) is 9.26 Å². The highest BCUT2D eigenvalue weighted by Crippen LogP contribution is 2.25. The minimum absolute atomic E-state index is 0.103. The van der Waals surface area contributed by atoms with Crippen LogP contribution in [-0.2, 0) is 4.79 Å². The van der Waals surface area contributed by atoms with Crippen molar-refractivity contribution in [1.82, 2.24) is 15.0 Å². The van der Waals surface area contributed by atoms with Crippen LogP contribution in [0.2, 0.25) is 0 Å². The molecule has 1 amide bonds. The zero-order valence-electron chi connectivity index (χ0n) is 18.3. The molecule has 0 aliphatic carbocycles. The predicted octanol–water partition coefficient (Wildman–Crippen LogP) is 1.90. The molecule has 0 spiro atoms. The van der Waals surface area contributed by atoms with Crippen LogP contribution >= 0.6 is 0 Å². The van der Waals surface area contributed by atoms with Crippen molar-refractivity contribution in [1.29, 1.82) is 0 Å². The Hall–Kier alpha value is -2.42. The Kier molecular flexibility index (Phi) is 7.47. The lowest BCUT2D eigenvalue weighted by Crippen LogP contribution is -2.50. The van der Waals surface area contributed by atoms with Crippen LogP contribution in [0.15, 0.2) is 22.7 Å². The van der Waals surface area contributed by atoms with Crippen molar-refractivity contribution >= 4 is 11.7 Å². The van der Waals surface area contributed by atoms with Crippen molar-refractivity contribution < 1.29 is 19.2 Å². The maximum absolute atomic E-state index is 12.1. The van der Waals surface area contributed by atoms with Crippen molar-refractivity contribution in [3.8, 4) is 5.75 Å². The van der Waals surface area contributed by atoms with E-state index < -0.39 is 6.10 Å². The lowest BCUT2D eigenvalue weighted by atomic mass is 10.1. The first-order chi connectivity index (χ1) is 14.3. The molecule has 1 aliphatic rings. The number of anilines is 1. The topological polar surface area (TPSA) is 91.1 Å². The molecule has 0 bridgehead atoms. The summed E-state index contributed by atoms with van der Waals surface area (Å²) in [6, 6.07) is 5.82. The van der Waals surface area contributed by atoms with E-state index in [1.807, 2.05) is 19.9 Å². The first-order valence-electron chi connectivity index (χ1n) is 10.4. The summed E-state index contributed by atoms with van der Waals surface area (Å²) in [4.78, 5) is 16.4. The van der Waals surface area contributed by atoms with Gasteiger partial charge in [0.05, 0.1) is 6.54 Å². The summed E-state index contributed by atoms with van der Waals surface area (Å²) in [5, 5.41) is 16.9. The fraction of sp³-hybridized carbons (Fsp3) is 0.545. The molecule has 2 N–H and O–H groups in total. The number of aliphatic hydroxyl groups is 1. The first-order valence-corrected chi connectivity index (χ1v) is 10.4. The number of aryl methyl sites for hydroxylation is 3. The van der Waals surface area contributed by atoms with E-state index in [0.717, 1.165) is 43.1 Å². The van der Waals surface area contributed by atoms with E-state index >= 15 is 0 Å². The number of aromatic nitrogens is 1. The Morgan fingerprint density at radius 1 is 1.17 bits per heavy atom. The highest BCUT2D eigenvalue weighted by molar-refractivity contribution is 5.91. The van der Waals surface area contributed by atoms with Crippen molar-refractivity contribution in [2.45, 2.75) is 33.8 Å². The van der Waals surface area contributed by atoms with Gasteiger partial charge in [-0.3, -0.25) is 14.6 Å². The Morgan fingerprint density at radius 3 is 2.50 bits per heavy atom. The zero-order chi connectivity index (χ0) is 21.7. The quantitative estimate of drug-likeness (QED) is 0.679. The lowest BCUT2D eigenvalue weighted by molar-refractivity contribution is -0.117. The van der Waals surface area contributed by atoms with Crippen LogP contribution < -0.4 is 10.1 Å². The van der Waals surface area contributed by atoms with Gasteiger partial charge in [0.25, 0.3) is 0 Å². The summed E-state index contributed by atoms with van der Waals surface area (Å²) >= 11 is 0.